The highest BCUT2D eigenvalue weighted by atomic mass is 16.7. The van der Waals surface area contributed by atoms with Crippen LogP contribution < -0.4 is 14.4 Å². The Morgan fingerprint density at radius 3 is 2.59 bits per heavy atom. The van der Waals surface area contributed by atoms with Crippen LogP contribution in [0.25, 0.3) is 22.2 Å². The lowest BCUT2D eigenvalue weighted by Crippen LogP contribution is -2.30. The second-order valence-electron chi connectivity index (χ2n) is 8.90. The van der Waals surface area contributed by atoms with Crippen molar-refractivity contribution in [3.63, 3.8) is 0 Å². The maximum Gasteiger partial charge on any atom is 0.254 e. The molecule has 3 heterocycles. The number of hydrogen-bond acceptors (Lipinski definition) is 6. The summed E-state index contributed by atoms with van der Waals surface area (Å²) in [6, 6.07) is 19.6. The van der Waals surface area contributed by atoms with Gasteiger partial charge in [0.15, 0.2) is 17.1 Å². The molecule has 0 radical (unpaired) electrons. The molecule has 0 unspecified atom stereocenters. The van der Waals surface area contributed by atoms with Gasteiger partial charge in [-0.05, 0) is 66.4 Å². The average Bonchev–Trinajstić information content (AvgIpc) is 3.61. The molecule has 7 nitrogen and oxygen atoms in total. The normalized spacial score (nSPS) is 16.9. The number of oxazole rings is 1. The molecule has 6 rings (SSSR count). The Morgan fingerprint density at radius 2 is 1.76 bits per heavy atom. The van der Waals surface area contributed by atoms with Crippen molar-refractivity contribution >= 4 is 22.7 Å². The summed E-state index contributed by atoms with van der Waals surface area (Å²) in [5.41, 5.74) is 5.46. The van der Waals surface area contributed by atoms with Gasteiger partial charge in [-0.15, -0.1) is 0 Å². The largest absolute Gasteiger partial charge is 0.454 e. The summed E-state index contributed by atoms with van der Waals surface area (Å²) < 4.78 is 16.9. The van der Waals surface area contributed by atoms with E-state index in [0.29, 0.717) is 29.5 Å². The summed E-state index contributed by atoms with van der Waals surface area (Å²) in [5.74, 6) is 1.81. The van der Waals surface area contributed by atoms with E-state index < -0.39 is 0 Å². The highest BCUT2D eigenvalue weighted by Gasteiger charge is 2.34. The second-order valence-corrected chi connectivity index (χ2v) is 8.90. The first kappa shape index (κ1) is 20.6. The summed E-state index contributed by atoms with van der Waals surface area (Å²) in [4.78, 5) is 22.0. The number of anilines is 1. The third-order valence-corrected chi connectivity index (χ3v) is 6.54. The number of fused-ring (bicyclic) bond motifs is 2. The number of rotatable bonds is 4. The highest BCUT2D eigenvalue weighted by Crippen LogP contribution is 2.37. The topological polar surface area (TPSA) is 68.0 Å². The van der Waals surface area contributed by atoms with Crippen molar-refractivity contribution in [1.29, 1.82) is 0 Å². The maximum atomic E-state index is 13.3. The summed E-state index contributed by atoms with van der Waals surface area (Å²) >= 11 is 0. The summed E-state index contributed by atoms with van der Waals surface area (Å²) in [5, 5.41) is 0. The van der Waals surface area contributed by atoms with Crippen molar-refractivity contribution in [2.45, 2.75) is 18.9 Å². The zero-order valence-corrected chi connectivity index (χ0v) is 19.2. The van der Waals surface area contributed by atoms with Crippen LogP contribution in [0.1, 0.15) is 35.1 Å². The zero-order valence-electron chi connectivity index (χ0n) is 19.2. The predicted octanol–water partition coefficient (Wildman–Crippen LogP) is 5.27. The van der Waals surface area contributed by atoms with Crippen molar-refractivity contribution in [2.24, 2.45) is 0 Å². The van der Waals surface area contributed by atoms with Crippen LogP contribution in [0.5, 0.6) is 11.5 Å². The number of nitrogens with zero attached hydrogens (tertiary/aromatic N) is 3. The fraction of sp³-hybridized carbons (Fsp3) is 0.259. The molecule has 34 heavy (non-hydrogen) atoms. The van der Waals surface area contributed by atoms with Crippen LogP contribution in [0.4, 0.5) is 5.69 Å². The van der Waals surface area contributed by atoms with E-state index in [1.807, 2.05) is 37.2 Å². The minimum Gasteiger partial charge on any atom is -0.454 e. The molecule has 2 aliphatic heterocycles. The van der Waals surface area contributed by atoms with Gasteiger partial charge < -0.3 is 23.7 Å². The quantitative estimate of drug-likeness (QED) is 0.418. The fourth-order valence-corrected chi connectivity index (χ4v) is 4.68. The van der Waals surface area contributed by atoms with Gasteiger partial charge in [0.05, 0.1) is 0 Å². The standard InChI is InChI=1S/C27H25N3O4/c1-29(2)20-9-5-17(6-10-20)18-7-11-23-21(14-18)28-26(34-23)22-4-3-13-30(22)27(31)19-8-12-24-25(15-19)33-16-32-24/h5-12,14-15,22H,3-4,13,16H2,1-2H3/t22-/m0/s1. The first-order valence-corrected chi connectivity index (χ1v) is 11.5. The van der Waals surface area contributed by atoms with Crippen LogP contribution in [0.2, 0.25) is 0 Å². The van der Waals surface area contributed by atoms with Gasteiger partial charge in [0.1, 0.15) is 11.6 Å². The SMILES string of the molecule is CN(C)c1ccc(-c2ccc3oc([C@@H]4CCCN4C(=O)c4ccc5c(c4)OCO5)nc3c2)cc1. The first-order chi connectivity index (χ1) is 16.6. The van der Waals surface area contributed by atoms with Crippen LogP contribution >= 0.6 is 0 Å². The molecule has 0 saturated carbocycles. The lowest BCUT2D eigenvalue weighted by Gasteiger charge is -2.22. The third-order valence-electron chi connectivity index (χ3n) is 6.54. The number of carbonyl (C=O) groups excluding carboxylic acids is 1. The van der Waals surface area contributed by atoms with Gasteiger partial charge in [0.2, 0.25) is 12.7 Å². The van der Waals surface area contributed by atoms with Crippen LogP contribution in [-0.2, 0) is 0 Å². The number of carbonyl (C=O) groups is 1. The molecule has 1 saturated heterocycles. The van der Waals surface area contributed by atoms with Crippen LogP contribution in [0.15, 0.2) is 65.1 Å². The van der Waals surface area contributed by atoms with E-state index in [1.165, 1.54) is 0 Å². The van der Waals surface area contributed by atoms with Gasteiger partial charge in [-0.3, -0.25) is 4.79 Å². The van der Waals surface area contributed by atoms with E-state index in [-0.39, 0.29) is 18.7 Å². The molecule has 172 valence electrons. The van der Waals surface area contributed by atoms with Crippen molar-refractivity contribution in [2.75, 3.05) is 32.3 Å². The number of amides is 1. The molecule has 1 aromatic heterocycles. The van der Waals surface area contributed by atoms with Crippen molar-refractivity contribution in [1.82, 2.24) is 9.88 Å². The fourth-order valence-electron chi connectivity index (χ4n) is 4.68. The van der Waals surface area contributed by atoms with Crippen molar-refractivity contribution in [3.05, 3.63) is 72.1 Å². The Morgan fingerprint density at radius 1 is 0.971 bits per heavy atom. The Balaban J connectivity index is 1.27. The molecule has 0 spiro atoms. The predicted molar refractivity (Wildman–Crippen MR) is 129 cm³/mol. The lowest BCUT2D eigenvalue weighted by molar-refractivity contribution is 0.0716. The maximum absolute atomic E-state index is 13.3. The molecule has 4 aromatic rings. The van der Waals surface area contributed by atoms with Crippen molar-refractivity contribution in [3.8, 4) is 22.6 Å². The van der Waals surface area contributed by atoms with Crippen LogP contribution in [0, 0.1) is 0 Å². The smallest absolute Gasteiger partial charge is 0.254 e. The number of hydrogen-bond donors (Lipinski definition) is 0. The zero-order chi connectivity index (χ0) is 23.2. The Bertz CT molecular complexity index is 1380. The minimum atomic E-state index is -0.187. The van der Waals surface area contributed by atoms with Gasteiger partial charge in [0, 0.05) is 31.9 Å². The third kappa shape index (κ3) is 3.53. The Hall–Kier alpha value is -4.00. The Labute approximate surface area is 197 Å². The molecule has 0 bridgehead atoms. The highest BCUT2D eigenvalue weighted by molar-refractivity contribution is 5.95. The molecule has 7 heteroatoms. The van der Waals surface area contributed by atoms with Crippen LogP contribution in [-0.4, -0.2) is 43.2 Å². The first-order valence-electron chi connectivity index (χ1n) is 11.5. The molecule has 0 N–H and O–H groups in total. The van der Waals surface area contributed by atoms with Gasteiger partial charge in [-0.25, -0.2) is 4.98 Å². The van der Waals surface area contributed by atoms with E-state index in [4.69, 9.17) is 18.9 Å². The number of aromatic nitrogens is 1. The summed E-state index contributed by atoms with van der Waals surface area (Å²) in [6.07, 6.45) is 1.73. The molecule has 1 atom stereocenters. The number of ether oxygens (including phenoxy) is 2. The van der Waals surface area contributed by atoms with Crippen LogP contribution in [0.3, 0.4) is 0 Å². The minimum absolute atomic E-state index is 0.0512. The van der Waals surface area contributed by atoms with E-state index in [1.54, 1.807) is 18.2 Å². The van der Waals surface area contributed by atoms with Gasteiger partial charge in [-0.1, -0.05) is 18.2 Å². The van der Waals surface area contributed by atoms with E-state index in [0.717, 1.165) is 40.8 Å². The average molecular weight is 456 g/mol. The molecule has 1 amide bonds. The monoisotopic (exact) mass is 455 g/mol. The second kappa shape index (κ2) is 8.09. The van der Waals surface area contributed by atoms with Gasteiger partial charge >= 0.3 is 0 Å². The molecule has 0 aliphatic carbocycles. The molecular weight excluding hydrogens is 430 g/mol. The van der Waals surface area contributed by atoms with Gasteiger partial charge in [-0.2, -0.15) is 0 Å². The van der Waals surface area contributed by atoms with E-state index in [9.17, 15) is 4.79 Å². The summed E-state index contributed by atoms with van der Waals surface area (Å²) in [7, 11) is 4.06. The van der Waals surface area contributed by atoms with E-state index in [2.05, 4.69) is 29.2 Å². The van der Waals surface area contributed by atoms with Gasteiger partial charge in [0.25, 0.3) is 5.91 Å². The van der Waals surface area contributed by atoms with E-state index >= 15 is 0 Å². The molecule has 3 aromatic carbocycles. The molecule has 1 fully saturated rings. The number of benzene rings is 3. The Kier molecular flexibility index (Phi) is 4.90. The number of likely N-dealkylation sites (tertiary alicyclic amines) is 1. The molecule has 2 aliphatic rings. The molecular formula is C27H25N3O4. The van der Waals surface area contributed by atoms with Crippen molar-refractivity contribution < 1.29 is 18.7 Å². The lowest BCUT2D eigenvalue weighted by atomic mass is 10.0. The summed E-state index contributed by atoms with van der Waals surface area (Å²) in [6.45, 7) is 0.851.